The van der Waals surface area contributed by atoms with E-state index < -0.39 is 5.97 Å². The molecule has 0 bridgehead atoms. The third kappa shape index (κ3) is 4.90. The van der Waals surface area contributed by atoms with Gasteiger partial charge in [0.2, 0.25) is 0 Å². The number of halogens is 2. The van der Waals surface area contributed by atoms with Crippen LogP contribution in [0.3, 0.4) is 0 Å². The number of hydrogen-bond acceptors (Lipinski definition) is 3. The molecule has 8 heteroatoms. The molecule has 0 spiro atoms. The molecule has 0 aliphatic carbocycles. The highest BCUT2D eigenvalue weighted by Crippen LogP contribution is 2.18. The summed E-state index contributed by atoms with van der Waals surface area (Å²) in [6.07, 6.45) is 1.55. The van der Waals surface area contributed by atoms with Crippen LogP contribution in [-0.4, -0.2) is 46.4 Å². The van der Waals surface area contributed by atoms with Gasteiger partial charge in [-0.15, -0.1) is 23.2 Å². The van der Waals surface area contributed by atoms with Crippen molar-refractivity contribution in [2.45, 2.75) is 0 Å². The molecule has 1 heterocycles. The summed E-state index contributed by atoms with van der Waals surface area (Å²) >= 11 is 11.6. The van der Waals surface area contributed by atoms with Crippen molar-refractivity contribution in [3.8, 4) is 0 Å². The molecule has 1 aromatic carbocycles. The number of nitrogens with zero attached hydrogens (tertiary/aromatic N) is 2. The van der Waals surface area contributed by atoms with Gasteiger partial charge in [0.05, 0.1) is 5.69 Å². The third-order valence-electron chi connectivity index (χ3n) is 3.69. The first-order chi connectivity index (χ1) is 12.0. The van der Waals surface area contributed by atoms with Gasteiger partial charge in [0.15, 0.2) is 0 Å². The summed E-state index contributed by atoms with van der Waals surface area (Å²) in [5.74, 6) is -0.390. The number of nitrogens with one attached hydrogen (secondary N) is 1. The molecule has 0 fully saturated rings. The van der Waals surface area contributed by atoms with Gasteiger partial charge in [-0.2, -0.15) is 0 Å². The zero-order valence-electron chi connectivity index (χ0n) is 13.7. The van der Waals surface area contributed by atoms with Crippen LogP contribution in [0.4, 0.5) is 11.4 Å². The van der Waals surface area contributed by atoms with E-state index in [0.29, 0.717) is 36.1 Å². The lowest BCUT2D eigenvalue weighted by Gasteiger charge is -2.22. The van der Waals surface area contributed by atoms with E-state index in [0.717, 1.165) is 5.69 Å². The van der Waals surface area contributed by atoms with Crippen LogP contribution in [0.5, 0.6) is 0 Å². The molecule has 25 heavy (non-hydrogen) atoms. The molecule has 134 valence electrons. The van der Waals surface area contributed by atoms with Gasteiger partial charge < -0.3 is 19.9 Å². The molecule has 1 amide bonds. The van der Waals surface area contributed by atoms with Crippen LogP contribution in [0.25, 0.3) is 0 Å². The maximum absolute atomic E-state index is 12.3. The standard InChI is InChI=1S/C17H19Cl2N3O3/c1-21-11-13(10-15(21)17(24)25)20-16(23)12-2-4-14(5-3-12)22(8-6-18)9-7-19/h2-5,10-11H,6-9H2,1H3,(H,20,23)(H,24,25). The first kappa shape index (κ1) is 19.1. The molecular weight excluding hydrogens is 365 g/mol. The molecule has 2 rings (SSSR count). The minimum atomic E-state index is -1.05. The lowest BCUT2D eigenvalue weighted by atomic mass is 10.1. The molecule has 2 aromatic rings. The number of carbonyl (C=O) groups is 2. The highest BCUT2D eigenvalue weighted by atomic mass is 35.5. The fourth-order valence-electron chi connectivity index (χ4n) is 2.45. The van der Waals surface area contributed by atoms with Gasteiger partial charge in [-0.3, -0.25) is 4.79 Å². The average molecular weight is 384 g/mol. The lowest BCUT2D eigenvalue weighted by molar-refractivity contribution is 0.0686. The van der Waals surface area contributed by atoms with Crippen molar-refractivity contribution in [1.29, 1.82) is 0 Å². The van der Waals surface area contributed by atoms with Crippen LogP contribution in [0.1, 0.15) is 20.8 Å². The van der Waals surface area contributed by atoms with E-state index in [-0.39, 0.29) is 11.6 Å². The van der Waals surface area contributed by atoms with Crippen molar-refractivity contribution in [1.82, 2.24) is 4.57 Å². The van der Waals surface area contributed by atoms with Gasteiger partial charge in [0.1, 0.15) is 5.69 Å². The Morgan fingerprint density at radius 1 is 1.16 bits per heavy atom. The van der Waals surface area contributed by atoms with Crippen molar-refractivity contribution >= 4 is 46.5 Å². The van der Waals surface area contributed by atoms with Gasteiger partial charge >= 0.3 is 5.97 Å². The lowest BCUT2D eigenvalue weighted by Crippen LogP contribution is -2.27. The third-order valence-corrected chi connectivity index (χ3v) is 4.02. The number of amides is 1. The SMILES string of the molecule is Cn1cc(NC(=O)c2ccc(N(CCCl)CCCl)cc2)cc1C(=O)O. The molecule has 0 aliphatic rings. The molecule has 0 aliphatic heterocycles. The summed E-state index contributed by atoms with van der Waals surface area (Å²) in [4.78, 5) is 25.4. The van der Waals surface area contributed by atoms with E-state index in [4.69, 9.17) is 28.3 Å². The van der Waals surface area contributed by atoms with Crippen LogP contribution in [0, 0.1) is 0 Å². The molecule has 0 atom stereocenters. The second-order valence-electron chi connectivity index (χ2n) is 5.40. The van der Waals surface area contributed by atoms with Crippen molar-refractivity contribution < 1.29 is 14.7 Å². The molecular formula is C17H19Cl2N3O3. The number of benzene rings is 1. The maximum atomic E-state index is 12.3. The Balaban J connectivity index is 2.09. The number of carboxylic acid groups (broad SMARTS) is 1. The largest absolute Gasteiger partial charge is 0.477 e. The fraction of sp³-hybridized carbons (Fsp3) is 0.294. The monoisotopic (exact) mass is 383 g/mol. The van der Waals surface area contributed by atoms with Crippen molar-refractivity contribution in [3.05, 3.63) is 47.8 Å². The minimum absolute atomic E-state index is 0.100. The highest BCUT2D eigenvalue weighted by molar-refractivity contribution is 6.18. The molecule has 6 nitrogen and oxygen atoms in total. The van der Waals surface area contributed by atoms with Crippen molar-refractivity contribution in [3.63, 3.8) is 0 Å². The average Bonchev–Trinajstić information content (AvgIpc) is 2.95. The number of carbonyl (C=O) groups excluding carboxylic acids is 1. The minimum Gasteiger partial charge on any atom is -0.477 e. The van der Waals surface area contributed by atoms with E-state index in [1.54, 1.807) is 25.4 Å². The van der Waals surface area contributed by atoms with Crippen LogP contribution in [0.2, 0.25) is 0 Å². The Morgan fingerprint density at radius 3 is 2.24 bits per heavy atom. The highest BCUT2D eigenvalue weighted by Gasteiger charge is 2.13. The second-order valence-corrected chi connectivity index (χ2v) is 6.15. The number of rotatable bonds is 8. The summed E-state index contributed by atoms with van der Waals surface area (Å²) in [5.41, 5.74) is 1.94. The number of aromatic carboxylic acids is 1. The number of carboxylic acids is 1. The predicted octanol–water partition coefficient (Wildman–Crippen LogP) is 3.26. The number of alkyl halides is 2. The van der Waals surface area contributed by atoms with Crippen LogP contribution >= 0.6 is 23.2 Å². The number of anilines is 2. The summed E-state index contributed by atoms with van der Waals surface area (Å²) < 4.78 is 1.44. The first-order valence-corrected chi connectivity index (χ1v) is 8.71. The zero-order valence-corrected chi connectivity index (χ0v) is 15.2. The van der Waals surface area contributed by atoms with E-state index >= 15 is 0 Å². The Kier molecular flexibility index (Phi) is 6.73. The van der Waals surface area contributed by atoms with Crippen LogP contribution in [-0.2, 0) is 7.05 Å². The Morgan fingerprint density at radius 2 is 1.76 bits per heavy atom. The Hall–Kier alpha value is -2.18. The first-order valence-electron chi connectivity index (χ1n) is 7.64. The number of aryl methyl sites for hydroxylation is 1. The van der Waals surface area contributed by atoms with E-state index in [2.05, 4.69) is 5.32 Å². The Labute approximate surface area is 155 Å². The molecule has 0 radical (unpaired) electrons. The molecule has 0 saturated heterocycles. The summed E-state index contributed by atoms with van der Waals surface area (Å²) in [6, 6.07) is 8.50. The molecule has 1 aromatic heterocycles. The van der Waals surface area contributed by atoms with E-state index in [1.807, 2.05) is 17.0 Å². The number of aromatic nitrogens is 1. The summed E-state index contributed by atoms with van der Waals surface area (Å²) in [5, 5.41) is 11.7. The maximum Gasteiger partial charge on any atom is 0.352 e. The van der Waals surface area contributed by atoms with E-state index in [9.17, 15) is 9.59 Å². The zero-order chi connectivity index (χ0) is 18.4. The smallest absolute Gasteiger partial charge is 0.352 e. The van der Waals surface area contributed by atoms with Gasteiger partial charge in [-0.05, 0) is 30.3 Å². The van der Waals surface area contributed by atoms with Gasteiger partial charge in [-0.1, -0.05) is 0 Å². The molecule has 2 N–H and O–H groups in total. The van der Waals surface area contributed by atoms with Gasteiger partial charge in [-0.25, -0.2) is 4.79 Å². The second kappa shape index (κ2) is 8.78. The molecule has 0 unspecified atom stereocenters. The Bertz CT molecular complexity index is 738. The molecule has 0 saturated carbocycles. The normalized spacial score (nSPS) is 10.5. The summed E-state index contributed by atoms with van der Waals surface area (Å²) in [7, 11) is 1.61. The van der Waals surface area contributed by atoms with E-state index in [1.165, 1.54) is 10.6 Å². The quantitative estimate of drug-likeness (QED) is 0.686. The predicted molar refractivity (Wildman–Crippen MR) is 100 cm³/mol. The van der Waals surface area contributed by atoms with Crippen LogP contribution < -0.4 is 10.2 Å². The van der Waals surface area contributed by atoms with Gasteiger partial charge in [0, 0.05) is 49.3 Å². The van der Waals surface area contributed by atoms with Crippen LogP contribution in [0.15, 0.2) is 36.5 Å². The van der Waals surface area contributed by atoms with Crippen molar-refractivity contribution in [2.24, 2.45) is 7.05 Å². The van der Waals surface area contributed by atoms with Crippen molar-refractivity contribution in [2.75, 3.05) is 35.1 Å². The topological polar surface area (TPSA) is 74.6 Å². The fourth-order valence-corrected chi connectivity index (χ4v) is 2.85. The number of hydrogen-bond donors (Lipinski definition) is 2. The summed E-state index contributed by atoms with van der Waals surface area (Å²) in [6.45, 7) is 1.34. The van der Waals surface area contributed by atoms with Gasteiger partial charge in [0.25, 0.3) is 5.91 Å².